The number of rotatable bonds is 3. The van der Waals surface area contributed by atoms with Crippen LogP contribution in [0.5, 0.6) is 5.88 Å². The largest absolute Gasteiger partial charge is 0.481 e. The lowest BCUT2D eigenvalue weighted by atomic mass is 10.0. The summed E-state index contributed by atoms with van der Waals surface area (Å²) in [5.41, 5.74) is 0. The third kappa shape index (κ3) is 2.88. The van der Waals surface area contributed by atoms with Gasteiger partial charge < -0.3 is 15.0 Å². The molecule has 3 saturated heterocycles. The van der Waals surface area contributed by atoms with Crippen molar-refractivity contribution in [1.82, 2.24) is 25.1 Å². The molecule has 3 amide bonds. The molecular formula is C16H22N6O3. The first-order valence-corrected chi connectivity index (χ1v) is 8.48. The average Bonchev–Trinajstić information content (AvgIpc) is 3.18. The zero-order chi connectivity index (χ0) is 17.6. The van der Waals surface area contributed by atoms with Gasteiger partial charge >= 0.3 is 6.03 Å². The fourth-order valence-electron chi connectivity index (χ4n) is 3.97. The van der Waals surface area contributed by atoms with Gasteiger partial charge in [-0.15, -0.1) is 0 Å². The van der Waals surface area contributed by atoms with E-state index in [0.717, 1.165) is 31.1 Å². The van der Waals surface area contributed by atoms with E-state index in [1.165, 1.54) is 7.05 Å². The van der Waals surface area contributed by atoms with Crippen molar-refractivity contribution in [2.75, 3.05) is 45.2 Å². The Hall–Kier alpha value is -2.42. The highest BCUT2D eigenvalue weighted by atomic mass is 16.5. The molecule has 25 heavy (non-hydrogen) atoms. The van der Waals surface area contributed by atoms with Gasteiger partial charge in [0.05, 0.1) is 19.7 Å². The highest BCUT2D eigenvalue weighted by Gasteiger charge is 2.44. The molecule has 1 aromatic rings. The summed E-state index contributed by atoms with van der Waals surface area (Å²) < 4.78 is 5.17. The molecule has 1 aromatic heterocycles. The number of carbonyl (C=O) groups is 2. The monoisotopic (exact) mass is 346 g/mol. The van der Waals surface area contributed by atoms with Crippen molar-refractivity contribution < 1.29 is 14.3 Å². The number of hydrogen-bond donors (Lipinski definition) is 1. The van der Waals surface area contributed by atoms with Gasteiger partial charge in [-0.05, 0) is 11.8 Å². The number of urea groups is 1. The number of amides is 3. The maximum atomic E-state index is 11.9. The molecule has 0 saturated carbocycles. The first kappa shape index (κ1) is 16.1. The van der Waals surface area contributed by atoms with Crippen molar-refractivity contribution >= 4 is 17.9 Å². The van der Waals surface area contributed by atoms with Gasteiger partial charge in [0.2, 0.25) is 17.7 Å². The fourth-order valence-corrected chi connectivity index (χ4v) is 3.97. The summed E-state index contributed by atoms with van der Waals surface area (Å²) in [7, 11) is 3.11. The number of imide groups is 1. The quantitative estimate of drug-likeness (QED) is 0.807. The van der Waals surface area contributed by atoms with Crippen LogP contribution in [0.1, 0.15) is 6.42 Å². The molecule has 0 bridgehead atoms. The second-order valence-electron chi connectivity index (χ2n) is 6.90. The van der Waals surface area contributed by atoms with Crippen LogP contribution in [-0.4, -0.2) is 78.2 Å². The number of methoxy groups -OCH3 is 1. The second-order valence-corrected chi connectivity index (χ2v) is 6.90. The van der Waals surface area contributed by atoms with Crippen LogP contribution in [0.15, 0.2) is 12.3 Å². The smallest absolute Gasteiger partial charge is 0.325 e. The molecule has 9 nitrogen and oxygen atoms in total. The minimum Gasteiger partial charge on any atom is -0.481 e. The summed E-state index contributed by atoms with van der Waals surface area (Å²) >= 11 is 0. The Labute approximate surface area is 145 Å². The lowest BCUT2D eigenvalue weighted by Gasteiger charge is -2.35. The minimum atomic E-state index is -0.315. The van der Waals surface area contributed by atoms with Crippen molar-refractivity contribution in [2.45, 2.75) is 12.6 Å². The molecule has 3 aliphatic rings. The number of nitrogens with one attached hydrogen (secondary N) is 1. The maximum absolute atomic E-state index is 11.9. The highest BCUT2D eigenvalue weighted by molar-refractivity contribution is 5.96. The third-order valence-corrected chi connectivity index (χ3v) is 5.40. The summed E-state index contributed by atoms with van der Waals surface area (Å²) in [6.07, 6.45) is 1.86. The fraction of sp³-hybridized carbons (Fsp3) is 0.625. The first-order chi connectivity index (χ1) is 12.0. The van der Waals surface area contributed by atoms with Gasteiger partial charge in [-0.25, -0.2) is 9.78 Å². The van der Waals surface area contributed by atoms with Gasteiger partial charge in [-0.2, -0.15) is 4.98 Å². The molecule has 0 radical (unpaired) electrons. The highest BCUT2D eigenvalue weighted by Crippen LogP contribution is 2.34. The standard InChI is InChI=1S/C16H22N6O3/c1-20-14(23)5-12(18-16(20)24)21-6-10-8-22(9-11(10)7-21)15-17-4-3-13(19-15)25-2/h3-4,10-12H,5-9H2,1-2H3,(H,18,24). The molecule has 1 N–H and O–H groups in total. The molecule has 0 spiro atoms. The number of nitrogens with zero attached hydrogens (tertiary/aromatic N) is 5. The van der Waals surface area contributed by atoms with Crippen LogP contribution in [-0.2, 0) is 4.79 Å². The lowest BCUT2D eigenvalue weighted by molar-refractivity contribution is -0.130. The predicted molar refractivity (Wildman–Crippen MR) is 89.1 cm³/mol. The Morgan fingerprint density at radius 2 is 1.92 bits per heavy atom. The van der Waals surface area contributed by atoms with Crippen molar-refractivity contribution in [3.63, 3.8) is 0 Å². The molecule has 134 valence electrons. The van der Waals surface area contributed by atoms with Crippen LogP contribution in [0, 0.1) is 11.8 Å². The van der Waals surface area contributed by atoms with E-state index in [-0.39, 0.29) is 18.1 Å². The third-order valence-electron chi connectivity index (χ3n) is 5.40. The van der Waals surface area contributed by atoms with Crippen LogP contribution >= 0.6 is 0 Å². The molecule has 4 heterocycles. The number of hydrogen-bond acceptors (Lipinski definition) is 7. The normalized spacial score (nSPS) is 29.8. The summed E-state index contributed by atoms with van der Waals surface area (Å²) in [5.74, 6) is 2.11. The van der Waals surface area contributed by atoms with E-state index >= 15 is 0 Å². The van der Waals surface area contributed by atoms with E-state index in [1.54, 1.807) is 19.4 Å². The molecular weight excluding hydrogens is 324 g/mol. The van der Waals surface area contributed by atoms with Gasteiger partial charge in [0, 0.05) is 45.5 Å². The Morgan fingerprint density at radius 3 is 2.56 bits per heavy atom. The second kappa shape index (κ2) is 6.14. The number of aromatic nitrogens is 2. The predicted octanol–water partition coefficient (Wildman–Crippen LogP) is -0.249. The van der Waals surface area contributed by atoms with Crippen LogP contribution in [0.25, 0.3) is 0 Å². The number of anilines is 1. The number of ether oxygens (including phenoxy) is 1. The summed E-state index contributed by atoms with van der Waals surface area (Å²) in [6.45, 7) is 3.49. The zero-order valence-corrected chi connectivity index (χ0v) is 14.4. The number of fused-ring (bicyclic) bond motifs is 1. The summed E-state index contributed by atoms with van der Waals surface area (Å²) in [6, 6.07) is 1.42. The van der Waals surface area contributed by atoms with Crippen LogP contribution in [0.3, 0.4) is 0 Å². The van der Waals surface area contributed by atoms with Crippen LogP contribution in [0.2, 0.25) is 0 Å². The number of likely N-dealkylation sites (tertiary alicyclic amines) is 1. The molecule has 3 unspecified atom stereocenters. The molecule has 3 aliphatic heterocycles. The Morgan fingerprint density at radius 1 is 1.20 bits per heavy atom. The van der Waals surface area contributed by atoms with Crippen molar-refractivity contribution in [3.05, 3.63) is 12.3 Å². The first-order valence-electron chi connectivity index (χ1n) is 8.48. The molecule has 0 aliphatic carbocycles. The average molecular weight is 346 g/mol. The van der Waals surface area contributed by atoms with E-state index in [9.17, 15) is 9.59 Å². The van der Waals surface area contributed by atoms with Gasteiger partial charge in [0.25, 0.3) is 0 Å². The Kier molecular flexibility index (Phi) is 3.95. The summed E-state index contributed by atoms with van der Waals surface area (Å²) in [4.78, 5) is 38.1. The lowest BCUT2D eigenvalue weighted by Crippen LogP contribution is -2.59. The van der Waals surface area contributed by atoms with E-state index in [4.69, 9.17) is 4.74 Å². The van der Waals surface area contributed by atoms with E-state index < -0.39 is 0 Å². The zero-order valence-electron chi connectivity index (χ0n) is 14.4. The Balaban J connectivity index is 1.39. The molecule has 3 atom stereocenters. The van der Waals surface area contributed by atoms with Gasteiger partial charge in [0.1, 0.15) is 0 Å². The van der Waals surface area contributed by atoms with E-state index in [2.05, 4.69) is 25.1 Å². The van der Waals surface area contributed by atoms with Crippen LogP contribution in [0.4, 0.5) is 10.7 Å². The SMILES string of the molecule is COc1ccnc(N2CC3CN(C4CC(=O)N(C)C(=O)N4)CC3C2)n1. The van der Waals surface area contributed by atoms with Gasteiger partial charge in [-0.3, -0.25) is 14.6 Å². The van der Waals surface area contributed by atoms with E-state index in [1.807, 2.05) is 0 Å². The maximum Gasteiger partial charge on any atom is 0.325 e. The molecule has 9 heteroatoms. The van der Waals surface area contributed by atoms with Crippen molar-refractivity contribution in [2.24, 2.45) is 11.8 Å². The van der Waals surface area contributed by atoms with Crippen molar-refractivity contribution in [1.29, 1.82) is 0 Å². The molecule has 3 fully saturated rings. The van der Waals surface area contributed by atoms with Crippen molar-refractivity contribution in [3.8, 4) is 5.88 Å². The molecule has 4 rings (SSSR count). The molecule has 0 aromatic carbocycles. The number of carbonyl (C=O) groups excluding carboxylic acids is 2. The Bertz CT molecular complexity index is 666. The van der Waals surface area contributed by atoms with Crippen LogP contribution < -0.4 is 15.0 Å². The van der Waals surface area contributed by atoms with Gasteiger partial charge in [-0.1, -0.05) is 0 Å². The minimum absolute atomic E-state index is 0.128. The summed E-state index contributed by atoms with van der Waals surface area (Å²) in [5, 5.41) is 2.92. The van der Waals surface area contributed by atoms with Gasteiger partial charge in [0.15, 0.2) is 0 Å². The topological polar surface area (TPSA) is 90.9 Å². The van der Waals surface area contributed by atoms with E-state index in [0.29, 0.717) is 30.1 Å².